The van der Waals surface area contributed by atoms with Crippen LogP contribution in [0.4, 0.5) is 5.69 Å². The number of rotatable bonds is 1. The van der Waals surface area contributed by atoms with E-state index in [1.54, 1.807) is 11.1 Å². The van der Waals surface area contributed by atoms with Crippen LogP contribution in [0.5, 0.6) is 0 Å². The highest BCUT2D eigenvalue weighted by Crippen LogP contribution is 2.53. The average Bonchev–Trinajstić information content (AvgIpc) is 2.77. The van der Waals surface area contributed by atoms with E-state index in [4.69, 9.17) is 0 Å². The lowest BCUT2D eigenvalue weighted by Gasteiger charge is -2.15. The molecule has 2 bridgehead atoms. The van der Waals surface area contributed by atoms with Gasteiger partial charge in [-0.15, -0.1) is 0 Å². The Labute approximate surface area is 79.2 Å². The lowest BCUT2D eigenvalue weighted by molar-refractivity contribution is 0.718. The molecule has 0 aliphatic heterocycles. The minimum atomic E-state index is 0.883. The monoisotopic (exact) mass is 173 g/mol. The number of hydrogen-bond donors (Lipinski definition) is 1. The van der Waals surface area contributed by atoms with E-state index in [2.05, 4.69) is 23.5 Å². The fourth-order valence-electron chi connectivity index (χ4n) is 3.00. The summed E-state index contributed by atoms with van der Waals surface area (Å²) in [6, 6.07) is 6.88. The van der Waals surface area contributed by atoms with Crippen LogP contribution in [0.2, 0.25) is 0 Å². The fraction of sp³-hybridized carbons (Fsp3) is 0.500. The van der Waals surface area contributed by atoms with Crippen LogP contribution >= 0.6 is 0 Å². The van der Waals surface area contributed by atoms with Gasteiger partial charge in [0.15, 0.2) is 0 Å². The van der Waals surface area contributed by atoms with Gasteiger partial charge in [-0.3, -0.25) is 0 Å². The molecule has 1 saturated carbocycles. The first-order valence-corrected chi connectivity index (χ1v) is 5.20. The third-order valence-corrected chi connectivity index (χ3v) is 3.69. The summed E-state index contributed by atoms with van der Waals surface area (Å²) in [6.07, 6.45) is 4.27. The molecule has 1 aromatic rings. The summed E-state index contributed by atoms with van der Waals surface area (Å²) in [5.74, 6) is 1.78. The maximum Gasteiger partial charge on any atom is 0.0340 e. The van der Waals surface area contributed by atoms with Gasteiger partial charge in [0.05, 0.1) is 0 Å². The van der Waals surface area contributed by atoms with Gasteiger partial charge in [0.1, 0.15) is 0 Å². The predicted molar refractivity (Wildman–Crippen MR) is 55.3 cm³/mol. The standard InChI is InChI=1S/C12H15N/c1-13-10-4-5-11-8-2-3-9(6-8)12(11)7-10/h4-5,7-9,13H,2-3,6H2,1H3. The third kappa shape index (κ3) is 0.932. The largest absolute Gasteiger partial charge is 0.388 e. The Hall–Kier alpha value is -0.980. The molecule has 2 aliphatic rings. The van der Waals surface area contributed by atoms with Crippen molar-refractivity contribution in [3.63, 3.8) is 0 Å². The van der Waals surface area contributed by atoms with Crippen LogP contribution in [0.1, 0.15) is 42.2 Å². The smallest absolute Gasteiger partial charge is 0.0340 e. The molecule has 1 heteroatoms. The zero-order chi connectivity index (χ0) is 8.84. The van der Waals surface area contributed by atoms with E-state index in [9.17, 15) is 0 Å². The van der Waals surface area contributed by atoms with Crippen molar-refractivity contribution < 1.29 is 0 Å². The van der Waals surface area contributed by atoms with Gasteiger partial charge in [0.2, 0.25) is 0 Å². The molecular weight excluding hydrogens is 158 g/mol. The van der Waals surface area contributed by atoms with Crippen molar-refractivity contribution in [3.8, 4) is 0 Å². The molecule has 1 nitrogen and oxygen atoms in total. The van der Waals surface area contributed by atoms with Crippen LogP contribution < -0.4 is 5.32 Å². The summed E-state index contributed by atoms with van der Waals surface area (Å²) in [5, 5.41) is 3.22. The summed E-state index contributed by atoms with van der Waals surface area (Å²) in [6.45, 7) is 0. The summed E-state index contributed by atoms with van der Waals surface area (Å²) in [5.41, 5.74) is 4.53. The maximum atomic E-state index is 3.22. The van der Waals surface area contributed by atoms with Crippen LogP contribution in [-0.2, 0) is 0 Å². The van der Waals surface area contributed by atoms with Gasteiger partial charge in [-0.2, -0.15) is 0 Å². The lowest BCUT2D eigenvalue weighted by Crippen LogP contribution is -1.99. The highest BCUT2D eigenvalue weighted by atomic mass is 14.8. The van der Waals surface area contributed by atoms with Crippen molar-refractivity contribution in [2.24, 2.45) is 0 Å². The van der Waals surface area contributed by atoms with Crippen molar-refractivity contribution in [2.75, 3.05) is 12.4 Å². The molecule has 0 spiro atoms. The van der Waals surface area contributed by atoms with E-state index in [0.29, 0.717) is 0 Å². The highest BCUT2D eigenvalue weighted by Gasteiger charge is 2.36. The van der Waals surface area contributed by atoms with Crippen molar-refractivity contribution >= 4 is 5.69 Å². The molecule has 1 fully saturated rings. The molecule has 2 atom stereocenters. The number of anilines is 1. The Bertz CT molecular complexity index is 343. The van der Waals surface area contributed by atoms with Crippen molar-refractivity contribution in [1.29, 1.82) is 0 Å². The fourth-order valence-corrected chi connectivity index (χ4v) is 3.00. The minimum absolute atomic E-state index is 0.883. The molecule has 0 aromatic heterocycles. The molecule has 0 radical (unpaired) electrons. The molecule has 0 heterocycles. The van der Waals surface area contributed by atoms with Gasteiger partial charge >= 0.3 is 0 Å². The lowest BCUT2D eigenvalue weighted by atomic mass is 9.91. The predicted octanol–water partition coefficient (Wildman–Crippen LogP) is 3.09. The third-order valence-electron chi connectivity index (χ3n) is 3.69. The molecule has 3 rings (SSSR count). The summed E-state index contributed by atoms with van der Waals surface area (Å²) in [4.78, 5) is 0. The summed E-state index contributed by atoms with van der Waals surface area (Å²) < 4.78 is 0. The van der Waals surface area contributed by atoms with Gasteiger partial charge < -0.3 is 5.32 Å². The van der Waals surface area contributed by atoms with Crippen molar-refractivity contribution in [2.45, 2.75) is 31.1 Å². The molecule has 1 N–H and O–H groups in total. The molecule has 68 valence electrons. The highest BCUT2D eigenvalue weighted by molar-refractivity contribution is 5.53. The maximum absolute atomic E-state index is 3.22. The minimum Gasteiger partial charge on any atom is -0.388 e. The first-order valence-electron chi connectivity index (χ1n) is 5.20. The Morgan fingerprint density at radius 2 is 1.92 bits per heavy atom. The number of benzene rings is 1. The summed E-state index contributed by atoms with van der Waals surface area (Å²) in [7, 11) is 1.99. The van der Waals surface area contributed by atoms with Gasteiger partial charge in [0.25, 0.3) is 0 Å². The number of fused-ring (bicyclic) bond motifs is 5. The number of nitrogens with one attached hydrogen (secondary N) is 1. The topological polar surface area (TPSA) is 12.0 Å². The quantitative estimate of drug-likeness (QED) is 0.688. The van der Waals surface area contributed by atoms with Crippen LogP contribution in [0.25, 0.3) is 0 Å². The Balaban J connectivity index is 2.11. The number of hydrogen-bond acceptors (Lipinski definition) is 1. The molecule has 2 aliphatic carbocycles. The molecule has 13 heavy (non-hydrogen) atoms. The van der Waals surface area contributed by atoms with E-state index in [0.717, 1.165) is 11.8 Å². The van der Waals surface area contributed by atoms with E-state index in [1.165, 1.54) is 24.9 Å². The first-order chi connectivity index (χ1) is 6.38. The van der Waals surface area contributed by atoms with E-state index in [-0.39, 0.29) is 0 Å². The van der Waals surface area contributed by atoms with Gasteiger partial charge in [-0.1, -0.05) is 6.07 Å². The molecular formula is C12H15N. The molecule has 0 saturated heterocycles. The van der Waals surface area contributed by atoms with Crippen molar-refractivity contribution in [1.82, 2.24) is 0 Å². The zero-order valence-electron chi connectivity index (χ0n) is 8.01. The second kappa shape index (κ2) is 2.50. The average molecular weight is 173 g/mol. The van der Waals surface area contributed by atoms with E-state index < -0.39 is 0 Å². The van der Waals surface area contributed by atoms with E-state index >= 15 is 0 Å². The zero-order valence-corrected chi connectivity index (χ0v) is 8.01. The van der Waals surface area contributed by atoms with Gasteiger partial charge in [-0.05, 0) is 54.4 Å². The summed E-state index contributed by atoms with van der Waals surface area (Å²) >= 11 is 0. The van der Waals surface area contributed by atoms with Crippen LogP contribution in [-0.4, -0.2) is 7.05 Å². The first kappa shape index (κ1) is 7.43. The second-order valence-corrected chi connectivity index (χ2v) is 4.30. The van der Waals surface area contributed by atoms with Gasteiger partial charge in [0, 0.05) is 12.7 Å². The molecule has 2 unspecified atom stereocenters. The Morgan fingerprint density at radius 3 is 2.69 bits per heavy atom. The molecule has 1 aromatic carbocycles. The van der Waals surface area contributed by atoms with Crippen LogP contribution in [0.3, 0.4) is 0 Å². The van der Waals surface area contributed by atoms with E-state index in [1.807, 2.05) is 7.05 Å². The van der Waals surface area contributed by atoms with Crippen LogP contribution in [0, 0.1) is 0 Å². The molecule has 0 amide bonds. The van der Waals surface area contributed by atoms with Crippen molar-refractivity contribution in [3.05, 3.63) is 29.3 Å². The Kier molecular flexibility index (Phi) is 1.43. The normalized spacial score (nSPS) is 29.0. The second-order valence-electron chi connectivity index (χ2n) is 4.30. The Morgan fingerprint density at radius 1 is 1.15 bits per heavy atom. The van der Waals surface area contributed by atoms with Crippen LogP contribution in [0.15, 0.2) is 18.2 Å². The van der Waals surface area contributed by atoms with Gasteiger partial charge in [-0.25, -0.2) is 0 Å². The SMILES string of the molecule is CNc1ccc2c(c1)C1CCC2C1.